The van der Waals surface area contributed by atoms with Gasteiger partial charge in [-0.25, -0.2) is 4.98 Å². The Balaban J connectivity index is 2.02. The number of rotatable bonds is 4. The third kappa shape index (κ3) is 3.92. The molecule has 2 nitrogen and oxygen atoms in total. The summed E-state index contributed by atoms with van der Waals surface area (Å²) in [6.07, 6.45) is 4.14. The molecular formula is C13H19F3N2S. The number of thiazole rings is 1. The van der Waals surface area contributed by atoms with Crippen LogP contribution in [0.3, 0.4) is 0 Å². The highest BCUT2D eigenvalue weighted by molar-refractivity contribution is 7.11. The molecule has 1 aliphatic carbocycles. The van der Waals surface area contributed by atoms with E-state index < -0.39 is 11.2 Å². The van der Waals surface area contributed by atoms with Crippen molar-refractivity contribution in [3.8, 4) is 0 Å². The zero-order valence-electron chi connectivity index (χ0n) is 11.0. The van der Waals surface area contributed by atoms with Crippen molar-refractivity contribution < 1.29 is 13.2 Å². The Kier molecular flexibility index (Phi) is 4.84. The van der Waals surface area contributed by atoms with Crippen molar-refractivity contribution in [3.63, 3.8) is 0 Å². The van der Waals surface area contributed by atoms with Crippen LogP contribution in [0.1, 0.15) is 54.5 Å². The zero-order chi connectivity index (χ0) is 13.9. The maximum absolute atomic E-state index is 12.6. The molecule has 1 aromatic rings. The van der Waals surface area contributed by atoms with Gasteiger partial charge >= 0.3 is 6.18 Å². The second-order valence-electron chi connectivity index (χ2n) is 5.15. The Morgan fingerprint density at radius 3 is 2.58 bits per heavy atom. The van der Waals surface area contributed by atoms with Crippen LogP contribution < -0.4 is 5.32 Å². The van der Waals surface area contributed by atoms with E-state index in [-0.39, 0.29) is 6.04 Å². The van der Waals surface area contributed by atoms with Crippen molar-refractivity contribution in [2.24, 2.45) is 5.92 Å². The summed E-state index contributed by atoms with van der Waals surface area (Å²) in [4.78, 5) is 4.20. The summed E-state index contributed by atoms with van der Waals surface area (Å²) in [7, 11) is 1.81. The molecule has 108 valence electrons. The van der Waals surface area contributed by atoms with Gasteiger partial charge in [0.15, 0.2) is 5.01 Å². The summed E-state index contributed by atoms with van der Waals surface area (Å²) in [5.41, 5.74) is 0. The van der Waals surface area contributed by atoms with Crippen LogP contribution in [0, 0.1) is 5.92 Å². The minimum atomic E-state index is -4.33. The SMILES string of the molecule is CNC(CC1CCCCC1)c1cnc(C(F)(F)F)s1. The third-order valence-corrected chi connectivity index (χ3v) is 4.91. The van der Waals surface area contributed by atoms with E-state index in [2.05, 4.69) is 10.3 Å². The minimum absolute atomic E-state index is 0.00306. The van der Waals surface area contributed by atoms with Crippen LogP contribution in [-0.2, 0) is 6.18 Å². The lowest BCUT2D eigenvalue weighted by molar-refractivity contribution is -0.137. The van der Waals surface area contributed by atoms with Crippen LogP contribution in [0.15, 0.2) is 6.20 Å². The second-order valence-corrected chi connectivity index (χ2v) is 6.21. The first-order valence-electron chi connectivity index (χ1n) is 6.71. The Hall–Kier alpha value is -0.620. The highest BCUT2D eigenvalue weighted by atomic mass is 32.1. The summed E-state index contributed by atoms with van der Waals surface area (Å²) in [6, 6.07) is -0.00306. The van der Waals surface area contributed by atoms with Gasteiger partial charge in [-0.3, -0.25) is 0 Å². The fourth-order valence-corrected chi connectivity index (χ4v) is 3.62. The third-order valence-electron chi connectivity index (χ3n) is 3.75. The van der Waals surface area contributed by atoms with Crippen LogP contribution in [0.25, 0.3) is 0 Å². The molecule has 0 radical (unpaired) electrons. The summed E-state index contributed by atoms with van der Waals surface area (Å²) in [5.74, 6) is 0.627. The maximum Gasteiger partial charge on any atom is 0.443 e. The molecule has 1 saturated carbocycles. The highest BCUT2D eigenvalue weighted by Crippen LogP contribution is 2.37. The number of alkyl halides is 3. The molecule has 1 atom stereocenters. The average molecular weight is 292 g/mol. The van der Waals surface area contributed by atoms with Gasteiger partial charge in [0.1, 0.15) is 0 Å². The Morgan fingerprint density at radius 1 is 1.37 bits per heavy atom. The highest BCUT2D eigenvalue weighted by Gasteiger charge is 2.35. The molecule has 1 aromatic heterocycles. The zero-order valence-corrected chi connectivity index (χ0v) is 11.8. The Labute approximate surface area is 115 Å². The molecule has 0 saturated heterocycles. The van der Waals surface area contributed by atoms with Gasteiger partial charge in [0, 0.05) is 17.1 Å². The first-order chi connectivity index (χ1) is 9.00. The standard InChI is InChI=1S/C13H19F3N2S/c1-17-10(7-9-5-3-2-4-6-9)11-8-18-12(19-11)13(14,15)16/h8-10,17H,2-7H2,1H3. The molecule has 1 aliphatic rings. The van der Waals surface area contributed by atoms with Crippen LogP contribution in [0.2, 0.25) is 0 Å². The molecule has 6 heteroatoms. The van der Waals surface area contributed by atoms with Gasteiger partial charge in [-0.05, 0) is 19.4 Å². The molecule has 0 bridgehead atoms. The van der Waals surface area contributed by atoms with Crippen LogP contribution in [0.4, 0.5) is 13.2 Å². The Morgan fingerprint density at radius 2 is 2.05 bits per heavy atom. The number of hydrogen-bond acceptors (Lipinski definition) is 3. The summed E-state index contributed by atoms with van der Waals surface area (Å²) in [6.45, 7) is 0. The van der Waals surface area contributed by atoms with Crippen molar-refractivity contribution in [3.05, 3.63) is 16.1 Å². The number of hydrogen-bond donors (Lipinski definition) is 1. The van der Waals surface area contributed by atoms with Crippen molar-refractivity contribution in [1.29, 1.82) is 0 Å². The van der Waals surface area contributed by atoms with Gasteiger partial charge in [-0.15, -0.1) is 11.3 Å². The molecule has 1 fully saturated rings. The summed E-state index contributed by atoms with van der Waals surface area (Å²) in [5, 5.41) is 2.39. The number of halogens is 3. The monoisotopic (exact) mass is 292 g/mol. The van der Waals surface area contributed by atoms with E-state index in [1.807, 2.05) is 0 Å². The van der Waals surface area contributed by atoms with Gasteiger partial charge in [0.2, 0.25) is 0 Å². The van der Waals surface area contributed by atoms with Crippen molar-refractivity contribution in [1.82, 2.24) is 10.3 Å². The minimum Gasteiger partial charge on any atom is -0.312 e. The van der Waals surface area contributed by atoms with Crippen LogP contribution in [0.5, 0.6) is 0 Å². The largest absolute Gasteiger partial charge is 0.443 e. The lowest BCUT2D eigenvalue weighted by atomic mass is 9.84. The van der Waals surface area contributed by atoms with Gasteiger partial charge in [0.05, 0.1) is 0 Å². The molecular weight excluding hydrogens is 273 g/mol. The second kappa shape index (κ2) is 6.22. The molecule has 19 heavy (non-hydrogen) atoms. The smallest absolute Gasteiger partial charge is 0.312 e. The summed E-state index contributed by atoms with van der Waals surface area (Å²) < 4.78 is 37.7. The number of nitrogens with zero attached hydrogens (tertiary/aromatic N) is 1. The molecule has 0 spiro atoms. The predicted octanol–water partition coefficient (Wildman–Crippen LogP) is 4.39. The topological polar surface area (TPSA) is 24.9 Å². The lowest BCUT2D eigenvalue weighted by Gasteiger charge is -2.25. The molecule has 2 rings (SSSR count). The number of nitrogens with one attached hydrogen (secondary N) is 1. The van der Waals surface area contributed by atoms with Crippen molar-refractivity contribution in [2.45, 2.75) is 50.7 Å². The van der Waals surface area contributed by atoms with Crippen molar-refractivity contribution in [2.75, 3.05) is 7.05 Å². The molecule has 0 aromatic carbocycles. The van der Waals surface area contributed by atoms with E-state index in [0.717, 1.165) is 17.8 Å². The fraction of sp³-hybridized carbons (Fsp3) is 0.769. The summed E-state index contributed by atoms with van der Waals surface area (Å²) >= 11 is 0.762. The molecule has 0 aliphatic heterocycles. The first kappa shape index (κ1) is 14.8. The molecule has 0 amide bonds. The molecule has 1 heterocycles. The quantitative estimate of drug-likeness (QED) is 0.890. The fourth-order valence-electron chi connectivity index (χ4n) is 2.71. The Bertz CT molecular complexity index is 397. The van der Waals surface area contributed by atoms with Gasteiger partial charge in [-0.2, -0.15) is 13.2 Å². The van der Waals surface area contributed by atoms with E-state index in [4.69, 9.17) is 0 Å². The first-order valence-corrected chi connectivity index (χ1v) is 7.52. The maximum atomic E-state index is 12.6. The van der Waals surface area contributed by atoms with Crippen LogP contribution >= 0.6 is 11.3 Å². The van der Waals surface area contributed by atoms with Gasteiger partial charge in [0.25, 0.3) is 0 Å². The van der Waals surface area contributed by atoms with E-state index >= 15 is 0 Å². The van der Waals surface area contributed by atoms with E-state index in [0.29, 0.717) is 10.8 Å². The predicted molar refractivity (Wildman–Crippen MR) is 70.1 cm³/mol. The van der Waals surface area contributed by atoms with E-state index in [1.165, 1.54) is 38.3 Å². The van der Waals surface area contributed by atoms with Crippen LogP contribution in [-0.4, -0.2) is 12.0 Å². The van der Waals surface area contributed by atoms with E-state index in [9.17, 15) is 13.2 Å². The molecule has 1 N–H and O–H groups in total. The normalized spacial score (nSPS) is 19.6. The lowest BCUT2D eigenvalue weighted by Crippen LogP contribution is -2.20. The van der Waals surface area contributed by atoms with Crippen molar-refractivity contribution >= 4 is 11.3 Å². The number of aromatic nitrogens is 1. The molecule has 1 unspecified atom stereocenters. The van der Waals surface area contributed by atoms with Gasteiger partial charge in [-0.1, -0.05) is 32.1 Å². The average Bonchev–Trinajstić information content (AvgIpc) is 2.86. The van der Waals surface area contributed by atoms with Gasteiger partial charge < -0.3 is 5.32 Å². The van der Waals surface area contributed by atoms with E-state index in [1.54, 1.807) is 7.05 Å².